The van der Waals surface area contributed by atoms with E-state index < -0.39 is 4.92 Å². The van der Waals surface area contributed by atoms with Crippen LogP contribution in [0.25, 0.3) is 0 Å². The fraction of sp³-hybridized carbons (Fsp3) is 0.375. The van der Waals surface area contributed by atoms with Crippen molar-refractivity contribution in [2.75, 3.05) is 10.6 Å². The number of nitrogens with zero attached hydrogens (tertiary/aromatic N) is 3. The summed E-state index contributed by atoms with van der Waals surface area (Å²) in [5.41, 5.74) is 0.553. The minimum absolute atomic E-state index is 0.0420. The van der Waals surface area contributed by atoms with Gasteiger partial charge in [0.15, 0.2) is 0 Å². The molecule has 1 aromatic heterocycles. The SMILES string of the molecule is O=[N+]([O-])c1cnc(Nc2ccc(Cl)cc2)nc1N[C@H]1CC[C@H](O)CC1. The molecular weight excluding hydrogens is 346 g/mol. The second-order valence-corrected chi connectivity index (χ2v) is 6.40. The van der Waals surface area contributed by atoms with Gasteiger partial charge in [0.05, 0.1) is 11.0 Å². The zero-order chi connectivity index (χ0) is 17.8. The van der Waals surface area contributed by atoms with E-state index in [-0.39, 0.29) is 29.6 Å². The zero-order valence-corrected chi connectivity index (χ0v) is 14.1. The molecule has 1 aliphatic rings. The summed E-state index contributed by atoms with van der Waals surface area (Å²) in [6, 6.07) is 7.02. The molecule has 0 aliphatic heterocycles. The molecule has 0 unspecified atom stereocenters. The normalized spacial score (nSPS) is 20.1. The van der Waals surface area contributed by atoms with Crippen LogP contribution in [0, 0.1) is 10.1 Å². The Hall–Kier alpha value is -2.45. The Kier molecular flexibility index (Phi) is 5.30. The molecule has 132 valence electrons. The topological polar surface area (TPSA) is 113 Å². The van der Waals surface area contributed by atoms with Crippen LogP contribution in [-0.4, -0.2) is 32.1 Å². The Bertz CT molecular complexity index is 748. The molecule has 1 heterocycles. The van der Waals surface area contributed by atoms with Crippen molar-refractivity contribution < 1.29 is 10.0 Å². The lowest BCUT2D eigenvalue weighted by Crippen LogP contribution is -2.29. The first-order chi connectivity index (χ1) is 12.0. The molecule has 0 radical (unpaired) electrons. The highest BCUT2D eigenvalue weighted by Crippen LogP contribution is 2.28. The summed E-state index contributed by atoms with van der Waals surface area (Å²) in [5.74, 6) is 0.434. The number of benzene rings is 1. The van der Waals surface area contributed by atoms with Gasteiger partial charge in [-0.15, -0.1) is 0 Å². The third-order valence-corrected chi connectivity index (χ3v) is 4.36. The Balaban J connectivity index is 1.79. The van der Waals surface area contributed by atoms with Gasteiger partial charge < -0.3 is 15.7 Å². The molecular formula is C16H18ClN5O3. The first-order valence-electron chi connectivity index (χ1n) is 8.00. The number of aliphatic hydroxyl groups is 1. The lowest BCUT2D eigenvalue weighted by molar-refractivity contribution is -0.384. The maximum atomic E-state index is 11.2. The second-order valence-electron chi connectivity index (χ2n) is 5.97. The highest BCUT2D eigenvalue weighted by atomic mass is 35.5. The van der Waals surface area contributed by atoms with Gasteiger partial charge in [0.1, 0.15) is 6.20 Å². The molecule has 9 heteroatoms. The minimum atomic E-state index is -0.508. The summed E-state index contributed by atoms with van der Waals surface area (Å²) in [7, 11) is 0. The lowest BCUT2D eigenvalue weighted by Gasteiger charge is -2.26. The molecule has 3 N–H and O–H groups in total. The van der Waals surface area contributed by atoms with E-state index in [1.807, 2.05) is 0 Å². The quantitative estimate of drug-likeness (QED) is 0.550. The van der Waals surface area contributed by atoms with Crippen molar-refractivity contribution in [2.45, 2.75) is 37.8 Å². The summed E-state index contributed by atoms with van der Waals surface area (Å²) in [5, 5.41) is 27.5. The van der Waals surface area contributed by atoms with Crippen molar-refractivity contribution in [3.05, 3.63) is 45.6 Å². The Morgan fingerprint density at radius 1 is 1.20 bits per heavy atom. The maximum Gasteiger partial charge on any atom is 0.329 e. The van der Waals surface area contributed by atoms with Crippen LogP contribution in [0.3, 0.4) is 0 Å². The number of nitro groups is 1. The third-order valence-electron chi connectivity index (χ3n) is 4.10. The van der Waals surface area contributed by atoms with Crippen molar-refractivity contribution in [3.8, 4) is 0 Å². The van der Waals surface area contributed by atoms with Crippen molar-refractivity contribution in [1.29, 1.82) is 0 Å². The van der Waals surface area contributed by atoms with Crippen molar-refractivity contribution in [3.63, 3.8) is 0 Å². The van der Waals surface area contributed by atoms with Crippen LogP contribution in [0.2, 0.25) is 5.02 Å². The summed E-state index contributed by atoms with van der Waals surface area (Å²) in [4.78, 5) is 19.0. The lowest BCUT2D eigenvalue weighted by atomic mass is 9.93. The first kappa shape index (κ1) is 17.4. The fourth-order valence-corrected chi connectivity index (χ4v) is 2.88. The molecule has 1 fully saturated rings. The van der Waals surface area contributed by atoms with E-state index in [1.165, 1.54) is 6.20 Å². The molecule has 0 spiro atoms. The van der Waals surface area contributed by atoms with Crippen molar-refractivity contribution >= 4 is 34.7 Å². The number of hydrogen-bond acceptors (Lipinski definition) is 7. The van der Waals surface area contributed by atoms with Crippen LogP contribution < -0.4 is 10.6 Å². The number of rotatable bonds is 5. The average molecular weight is 364 g/mol. The summed E-state index contributed by atoms with van der Waals surface area (Å²) < 4.78 is 0. The van der Waals surface area contributed by atoms with Gasteiger partial charge in [-0.3, -0.25) is 10.1 Å². The number of anilines is 3. The van der Waals surface area contributed by atoms with Gasteiger partial charge in [0.25, 0.3) is 0 Å². The van der Waals surface area contributed by atoms with Gasteiger partial charge >= 0.3 is 5.69 Å². The number of nitrogens with one attached hydrogen (secondary N) is 2. The van der Waals surface area contributed by atoms with Crippen molar-refractivity contribution in [1.82, 2.24) is 9.97 Å². The van der Waals surface area contributed by atoms with Gasteiger partial charge in [0.2, 0.25) is 11.8 Å². The van der Waals surface area contributed by atoms with Gasteiger partial charge in [0, 0.05) is 16.8 Å². The molecule has 3 rings (SSSR count). The standard InChI is InChI=1S/C16H18ClN5O3/c17-10-1-3-12(4-2-10)20-16-18-9-14(22(24)25)15(21-16)19-11-5-7-13(23)8-6-11/h1-4,9,11,13,23H,5-8H2,(H2,18,19,20,21)/t11-,13-. The number of hydrogen-bond donors (Lipinski definition) is 3. The predicted octanol–water partition coefficient (Wildman–Crippen LogP) is 3.50. The Labute approximate surface area is 149 Å². The fourth-order valence-electron chi connectivity index (χ4n) is 2.75. The molecule has 1 aromatic carbocycles. The Morgan fingerprint density at radius 2 is 1.88 bits per heavy atom. The van der Waals surface area contributed by atoms with Crippen LogP contribution in [0.1, 0.15) is 25.7 Å². The number of aromatic nitrogens is 2. The molecule has 8 nitrogen and oxygen atoms in total. The van der Waals surface area contributed by atoms with Gasteiger partial charge in [-0.25, -0.2) is 4.98 Å². The van der Waals surface area contributed by atoms with E-state index in [1.54, 1.807) is 24.3 Å². The van der Waals surface area contributed by atoms with Gasteiger partial charge in [-0.2, -0.15) is 4.98 Å². The van der Waals surface area contributed by atoms with Gasteiger partial charge in [-0.1, -0.05) is 11.6 Å². The molecule has 1 aliphatic carbocycles. The third kappa shape index (κ3) is 4.55. The van der Waals surface area contributed by atoms with Gasteiger partial charge in [-0.05, 0) is 49.9 Å². The van der Waals surface area contributed by atoms with E-state index in [0.717, 1.165) is 18.5 Å². The average Bonchev–Trinajstić information content (AvgIpc) is 2.59. The summed E-state index contributed by atoms with van der Waals surface area (Å²) in [6.45, 7) is 0. The number of halogens is 1. The largest absolute Gasteiger partial charge is 0.393 e. The maximum absolute atomic E-state index is 11.2. The predicted molar refractivity (Wildman–Crippen MR) is 95.3 cm³/mol. The molecule has 0 bridgehead atoms. The van der Waals surface area contributed by atoms with Crippen LogP contribution in [0.5, 0.6) is 0 Å². The molecule has 25 heavy (non-hydrogen) atoms. The minimum Gasteiger partial charge on any atom is -0.393 e. The Morgan fingerprint density at radius 3 is 2.52 bits per heavy atom. The van der Waals surface area contributed by atoms with Crippen molar-refractivity contribution in [2.24, 2.45) is 0 Å². The molecule has 1 saturated carbocycles. The van der Waals surface area contributed by atoms with Crippen LogP contribution >= 0.6 is 11.6 Å². The molecule has 0 amide bonds. The van der Waals surface area contributed by atoms with Crippen LogP contribution in [-0.2, 0) is 0 Å². The van der Waals surface area contributed by atoms with E-state index in [0.29, 0.717) is 17.9 Å². The highest BCUT2D eigenvalue weighted by Gasteiger charge is 2.24. The molecule has 2 aromatic rings. The van der Waals surface area contributed by atoms with E-state index >= 15 is 0 Å². The highest BCUT2D eigenvalue weighted by molar-refractivity contribution is 6.30. The number of aliphatic hydroxyl groups excluding tert-OH is 1. The van der Waals surface area contributed by atoms with Crippen LogP contribution in [0.4, 0.5) is 23.1 Å². The van der Waals surface area contributed by atoms with E-state index in [9.17, 15) is 15.2 Å². The second kappa shape index (κ2) is 7.62. The zero-order valence-electron chi connectivity index (χ0n) is 13.4. The summed E-state index contributed by atoms with van der Waals surface area (Å²) >= 11 is 5.85. The first-order valence-corrected chi connectivity index (χ1v) is 8.37. The smallest absolute Gasteiger partial charge is 0.329 e. The van der Waals surface area contributed by atoms with Crippen LogP contribution in [0.15, 0.2) is 30.5 Å². The monoisotopic (exact) mass is 363 g/mol. The molecule has 0 saturated heterocycles. The van der Waals surface area contributed by atoms with E-state index in [2.05, 4.69) is 20.6 Å². The van der Waals surface area contributed by atoms with E-state index in [4.69, 9.17) is 11.6 Å². The summed E-state index contributed by atoms with van der Waals surface area (Å²) in [6.07, 6.45) is 3.72. The molecule has 0 atom stereocenters.